The Morgan fingerprint density at radius 1 is 1.26 bits per heavy atom. The number of hydrogen-bond donors (Lipinski definition) is 3. The first kappa shape index (κ1) is 22.8. The second-order valence-electron chi connectivity index (χ2n) is 7.91. The highest BCUT2D eigenvalue weighted by Crippen LogP contribution is 2.42. The quantitative estimate of drug-likeness (QED) is 0.625. The van der Waals surface area contributed by atoms with Crippen LogP contribution in [0.5, 0.6) is 5.75 Å². The molecule has 9 heteroatoms. The summed E-state index contributed by atoms with van der Waals surface area (Å²) in [7, 11) is 0. The molecule has 3 amide bonds. The van der Waals surface area contributed by atoms with Gasteiger partial charge in [0.05, 0.1) is 11.8 Å². The van der Waals surface area contributed by atoms with Gasteiger partial charge in [-0.1, -0.05) is 30.7 Å². The Kier molecular flexibility index (Phi) is 7.02. The van der Waals surface area contributed by atoms with Crippen LogP contribution in [0.1, 0.15) is 31.4 Å². The maximum Gasteiger partial charge on any atom is 0.316 e. The molecule has 1 aliphatic heterocycles. The monoisotopic (exact) mass is 449 g/mol. The average molecular weight is 450 g/mol. The summed E-state index contributed by atoms with van der Waals surface area (Å²) < 4.78 is 18.7. The number of anilines is 1. The Balaban J connectivity index is 1.57. The third-order valence-electron chi connectivity index (χ3n) is 5.65. The van der Waals surface area contributed by atoms with Crippen LogP contribution in [0.4, 0.5) is 14.9 Å². The zero-order chi connectivity index (χ0) is 22.6. The van der Waals surface area contributed by atoms with Crippen molar-refractivity contribution in [2.45, 2.75) is 25.9 Å². The van der Waals surface area contributed by atoms with Crippen molar-refractivity contribution in [3.05, 3.63) is 58.9 Å². The van der Waals surface area contributed by atoms with Gasteiger partial charge in [-0.05, 0) is 48.7 Å². The van der Waals surface area contributed by atoms with Gasteiger partial charge >= 0.3 is 6.03 Å². The van der Waals surface area contributed by atoms with E-state index in [9.17, 15) is 19.1 Å². The minimum Gasteiger partial charge on any atom is -0.482 e. The largest absolute Gasteiger partial charge is 0.482 e. The highest BCUT2D eigenvalue weighted by Gasteiger charge is 2.38. The van der Waals surface area contributed by atoms with E-state index in [2.05, 4.69) is 5.32 Å². The molecule has 1 fully saturated rings. The van der Waals surface area contributed by atoms with Gasteiger partial charge in [-0.3, -0.25) is 4.79 Å². The molecule has 0 radical (unpaired) electrons. The SMILES string of the molecule is CC1(C(O)c2ccc(F)cc2)CCN(C(=O)COc2ccc(Cl)cc2NC(N)=O)CC1. The van der Waals surface area contributed by atoms with Crippen LogP contribution in [0.25, 0.3) is 0 Å². The first-order chi connectivity index (χ1) is 14.7. The van der Waals surface area contributed by atoms with Crippen molar-refractivity contribution in [3.8, 4) is 5.75 Å². The smallest absolute Gasteiger partial charge is 0.316 e. The van der Waals surface area contributed by atoms with E-state index in [1.54, 1.807) is 29.2 Å². The number of rotatable bonds is 6. The van der Waals surface area contributed by atoms with Gasteiger partial charge in [-0.15, -0.1) is 0 Å². The first-order valence-corrected chi connectivity index (χ1v) is 10.3. The molecular weight excluding hydrogens is 425 g/mol. The Morgan fingerprint density at radius 2 is 1.90 bits per heavy atom. The van der Waals surface area contributed by atoms with E-state index in [0.29, 0.717) is 36.5 Å². The number of carbonyl (C=O) groups is 2. The number of nitrogens with zero attached hydrogens (tertiary/aromatic N) is 1. The standard InChI is InChI=1S/C22H25ClFN3O4/c1-22(20(29)14-2-5-16(24)6-3-14)8-10-27(11-9-22)19(28)13-31-18-7-4-15(23)12-17(18)26-21(25)30/h2-7,12,20,29H,8-11,13H2,1H3,(H3,25,26,30). The number of ether oxygens (including phenoxy) is 1. The molecule has 31 heavy (non-hydrogen) atoms. The molecule has 3 rings (SSSR count). The van der Waals surface area contributed by atoms with Crippen molar-refractivity contribution in [2.24, 2.45) is 11.1 Å². The Labute approximate surface area is 184 Å². The van der Waals surface area contributed by atoms with Gasteiger partial charge in [0.1, 0.15) is 11.6 Å². The van der Waals surface area contributed by atoms with Gasteiger partial charge in [0.25, 0.3) is 5.91 Å². The van der Waals surface area contributed by atoms with Gasteiger partial charge in [-0.2, -0.15) is 0 Å². The molecule has 0 aliphatic carbocycles. The number of halogens is 2. The molecule has 1 aliphatic rings. The van der Waals surface area contributed by atoms with E-state index in [1.807, 2.05) is 6.92 Å². The van der Waals surface area contributed by atoms with Crippen LogP contribution in [0, 0.1) is 11.2 Å². The lowest BCUT2D eigenvalue weighted by Gasteiger charge is -2.42. The third-order valence-corrected chi connectivity index (χ3v) is 5.89. The summed E-state index contributed by atoms with van der Waals surface area (Å²) in [6.07, 6.45) is 0.428. The third kappa shape index (κ3) is 5.65. The molecule has 7 nitrogen and oxygen atoms in total. The van der Waals surface area contributed by atoms with E-state index in [0.717, 1.165) is 0 Å². The van der Waals surface area contributed by atoms with Gasteiger partial charge in [0, 0.05) is 23.5 Å². The fraction of sp³-hybridized carbons (Fsp3) is 0.364. The van der Waals surface area contributed by atoms with Crippen LogP contribution in [0.2, 0.25) is 5.02 Å². The lowest BCUT2D eigenvalue weighted by atomic mass is 9.73. The number of aliphatic hydroxyl groups excluding tert-OH is 1. The van der Waals surface area contributed by atoms with E-state index >= 15 is 0 Å². The molecule has 166 valence electrons. The summed E-state index contributed by atoms with van der Waals surface area (Å²) >= 11 is 5.93. The molecule has 0 bridgehead atoms. The number of primary amides is 1. The van der Waals surface area contributed by atoms with Gasteiger partial charge in [0.2, 0.25) is 0 Å². The van der Waals surface area contributed by atoms with Crippen molar-refractivity contribution in [1.82, 2.24) is 4.90 Å². The summed E-state index contributed by atoms with van der Waals surface area (Å²) in [5.74, 6) is -0.278. The summed E-state index contributed by atoms with van der Waals surface area (Å²) in [5, 5.41) is 13.6. The van der Waals surface area contributed by atoms with Crippen LogP contribution in [0.3, 0.4) is 0 Å². The molecule has 2 aromatic carbocycles. The number of carbonyl (C=O) groups excluding carboxylic acids is 2. The maximum absolute atomic E-state index is 13.2. The van der Waals surface area contributed by atoms with Gasteiger partial charge < -0.3 is 25.8 Å². The number of amides is 3. The number of piperidine rings is 1. The molecule has 1 saturated heterocycles. The predicted octanol–water partition coefficient (Wildman–Crippen LogP) is 3.71. The molecule has 1 atom stereocenters. The van der Waals surface area contributed by atoms with Crippen LogP contribution >= 0.6 is 11.6 Å². The zero-order valence-electron chi connectivity index (χ0n) is 17.1. The topological polar surface area (TPSA) is 105 Å². The number of aliphatic hydroxyl groups is 1. The first-order valence-electron chi connectivity index (χ1n) is 9.88. The summed E-state index contributed by atoms with van der Waals surface area (Å²) in [6, 6.07) is 9.67. The maximum atomic E-state index is 13.2. The Morgan fingerprint density at radius 3 is 2.52 bits per heavy atom. The molecule has 0 aromatic heterocycles. The van der Waals surface area contributed by atoms with E-state index in [1.165, 1.54) is 18.2 Å². The number of nitrogens with two attached hydrogens (primary N) is 1. The predicted molar refractivity (Wildman–Crippen MR) is 115 cm³/mol. The minimum absolute atomic E-state index is 0.210. The fourth-order valence-electron chi connectivity index (χ4n) is 3.68. The lowest BCUT2D eigenvalue weighted by Crippen LogP contribution is -2.45. The molecule has 0 spiro atoms. The van der Waals surface area contributed by atoms with Crippen LogP contribution in [-0.2, 0) is 4.79 Å². The van der Waals surface area contributed by atoms with Gasteiger partial charge in [-0.25, -0.2) is 9.18 Å². The van der Waals surface area contributed by atoms with E-state index < -0.39 is 17.6 Å². The van der Waals surface area contributed by atoms with Crippen molar-refractivity contribution in [3.63, 3.8) is 0 Å². The number of likely N-dealkylation sites (tertiary alicyclic amines) is 1. The van der Waals surface area contributed by atoms with Crippen LogP contribution in [0.15, 0.2) is 42.5 Å². The Bertz CT molecular complexity index is 946. The minimum atomic E-state index is -0.770. The fourth-order valence-corrected chi connectivity index (χ4v) is 3.85. The average Bonchev–Trinajstić information content (AvgIpc) is 2.73. The highest BCUT2D eigenvalue weighted by molar-refractivity contribution is 6.31. The molecule has 0 saturated carbocycles. The molecule has 4 N–H and O–H groups in total. The molecule has 2 aromatic rings. The van der Waals surface area contributed by atoms with Crippen LogP contribution in [-0.4, -0.2) is 41.6 Å². The second kappa shape index (κ2) is 9.53. The highest BCUT2D eigenvalue weighted by atomic mass is 35.5. The number of nitrogens with one attached hydrogen (secondary N) is 1. The van der Waals surface area contributed by atoms with Gasteiger partial charge in [0.15, 0.2) is 6.61 Å². The molecule has 1 unspecified atom stereocenters. The summed E-state index contributed by atoms with van der Waals surface area (Å²) in [6.45, 7) is 2.68. The zero-order valence-corrected chi connectivity index (χ0v) is 17.9. The number of urea groups is 1. The summed E-state index contributed by atoms with van der Waals surface area (Å²) in [5.41, 5.74) is 5.66. The number of benzene rings is 2. The van der Waals surface area contributed by atoms with Crippen molar-refractivity contribution in [2.75, 3.05) is 25.0 Å². The van der Waals surface area contributed by atoms with Crippen molar-refractivity contribution < 1.29 is 23.8 Å². The lowest BCUT2D eigenvalue weighted by molar-refractivity contribution is -0.137. The summed E-state index contributed by atoms with van der Waals surface area (Å²) in [4.78, 5) is 25.4. The molecular formula is C22H25ClFN3O4. The number of hydrogen-bond acceptors (Lipinski definition) is 4. The molecule has 1 heterocycles. The normalized spacial score (nSPS) is 16.5. The van der Waals surface area contributed by atoms with Crippen LogP contribution < -0.4 is 15.8 Å². The second-order valence-corrected chi connectivity index (χ2v) is 8.34. The van der Waals surface area contributed by atoms with Crippen molar-refractivity contribution in [1.29, 1.82) is 0 Å². The van der Waals surface area contributed by atoms with Crippen molar-refractivity contribution >= 4 is 29.2 Å². The Hall–Kier alpha value is -2.84. The van der Waals surface area contributed by atoms with E-state index in [4.69, 9.17) is 22.1 Å². The van der Waals surface area contributed by atoms with E-state index in [-0.39, 0.29) is 29.8 Å².